The van der Waals surface area contributed by atoms with Crippen molar-refractivity contribution in [1.29, 1.82) is 0 Å². The van der Waals surface area contributed by atoms with E-state index in [1.165, 1.54) is 87.8 Å². The zero-order chi connectivity index (χ0) is 46.9. The second kappa shape index (κ2) is 27.7. The minimum absolute atomic E-state index is 0. The summed E-state index contributed by atoms with van der Waals surface area (Å²) in [6, 6.07) is 45.6. The third-order valence-corrected chi connectivity index (χ3v) is 15.7. The molecule has 6 aliphatic heterocycles. The Kier molecular flexibility index (Phi) is 21.3. The second-order valence-electron chi connectivity index (χ2n) is 19.9. The van der Waals surface area contributed by atoms with E-state index in [2.05, 4.69) is 132 Å². The van der Waals surface area contributed by atoms with Gasteiger partial charge in [-0.25, -0.2) is 0 Å². The van der Waals surface area contributed by atoms with Crippen LogP contribution in [0.1, 0.15) is 123 Å². The van der Waals surface area contributed by atoms with E-state index in [0.717, 1.165) is 39.0 Å². The first-order valence-electron chi connectivity index (χ1n) is 25.8. The van der Waals surface area contributed by atoms with Gasteiger partial charge in [-0.15, -0.1) is 39.3 Å². The van der Waals surface area contributed by atoms with Gasteiger partial charge in [0, 0.05) is 0 Å². The Labute approximate surface area is 426 Å². The van der Waals surface area contributed by atoms with Crippen LogP contribution in [0.25, 0.3) is 31.9 Å². The molecule has 0 bridgehead atoms. The fraction of sp³-hybridized carbons (Fsp3) is 0.552. The third kappa shape index (κ3) is 15.1. The topological polar surface area (TPSA) is 137 Å². The van der Waals surface area contributed by atoms with E-state index in [1.807, 2.05) is 0 Å². The van der Waals surface area contributed by atoms with Crippen LogP contribution >= 0.6 is 0 Å². The molecule has 368 valence electrons. The van der Waals surface area contributed by atoms with Crippen LogP contribution in [-0.4, -0.2) is 102 Å². The van der Waals surface area contributed by atoms with Gasteiger partial charge >= 0.3 is 31.4 Å². The van der Waals surface area contributed by atoms with Gasteiger partial charge in [0.05, 0.1) is 26.1 Å². The number of hydrogen-bond acceptors (Lipinski definition) is 4. The van der Waals surface area contributed by atoms with Crippen LogP contribution in [0.2, 0.25) is 0 Å². The molecule has 10 nitrogen and oxygen atoms in total. The van der Waals surface area contributed by atoms with Gasteiger partial charge in [-0.3, -0.25) is 9.59 Å². The number of piperidine rings is 6. The quantitative estimate of drug-likeness (QED) is 0.122. The van der Waals surface area contributed by atoms with Crippen molar-refractivity contribution in [2.24, 2.45) is 11.8 Å². The Morgan fingerprint density at radius 1 is 0.348 bits per heavy atom. The molecule has 6 fully saturated rings. The molecule has 12 unspecified atom stereocenters. The van der Waals surface area contributed by atoms with Crippen LogP contribution in [0.15, 0.2) is 121 Å². The molecule has 0 aromatic heterocycles. The molecule has 0 saturated carbocycles. The summed E-state index contributed by atoms with van der Waals surface area (Å²) in [5, 5.41) is 29.0. The first kappa shape index (κ1) is 53.0. The van der Waals surface area contributed by atoms with E-state index in [4.69, 9.17) is 30.7 Å². The maximum Gasteiger partial charge on any atom is 6.00 e. The van der Waals surface area contributed by atoms with E-state index < -0.39 is 0 Å². The molecule has 0 amide bonds. The summed E-state index contributed by atoms with van der Waals surface area (Å²) in [7, 11) is 2.84. The molecule has 6 saturated heterocycles. The SMILES string of the molecule is COC(=O)C1CC[N-]C(C2CC(C(=O)OC)CC[N-]2)C1.[Ru+6].c1ccc(C2CC[N-]C(C3CC(c4ccccc4)CC[N-]3)C2)cc1.c1ccc(C2CC[N-]C(C3CC(c4ccccc4)CC[N-]3)C2)cc1. The van der Waals surface area contributed by atoms with Crippen molar-refractivity contribution in [1.82, 2.24) is 0 Å². The Morgan fingerprint density at radius 3 is 0.797 bits per heavy atom. The zero-order valence-corrected chi connectivity index (χ0v) is 42.6. The third-order valence-electron chi connectivity index (χ3n) is 15.7. The minimum atomic E-state index is -0.162. The van der Waals surface area contributed by atoms with E-state index in [9.17, 15) is 9.59 Å². The van der Waals surface area contributed by atoms with Crippen LogP contribution in [-0.2, 0) is 38.5 Å². The number of nitrogens with zero attached hydrogens (tertiary/aromatic N) is 6. The summed E-state index contributed by atoms with van der Waals surface area (Å²) in [6.45, 7) is 5.30. The van der Waals surface area contributed by atoms with Crippen molar-refractivity contribution in [2.75, 3.05) is 53.5 Å². The van der Waals surface area contributed by atoms with E-state index in [1.54, 1.807) is 0 Å². The van der Waals surface area contributed by atoms with Gasteiger partial charge in [0.2, 0.25) is 0 Å². The smallest absolute Gasteiger partial charge is 0.661 e. The molecule has 12 atom stereocenters. The molecule has 69 heavy (non-hydrogen) atoms. The largest absolute Gasteiger partial charge is 6.00 e. The number of rotatable bonds is 9. The summed E-state index contributed by atoms with van der Waals surface area (Å²) >= 11 is 0. The zero-order valence-electron chi connectivity index (χ0n) is 40.9. The normalized spacial score (nSPS) is 31.4. The first-order chi connectivity index (χ1) is 33.4. The molecule has 6 heterocycles. The van der Waals surface area contributed by atoms with Gasteiger partial charge in [-0.2, -0.15) is 36.3 Å². The summed E-state index contributed by atoms with van der Waals surface area (Å²) in [5.74, 6) is 2.12. The van der Waals surface area contributed by atoms with Crippen molar-refractivity contribution < 1.29 is 38.5 Å². The average molecular weight is 1020 g/mol. The molecule has 4 aromatic carbocycles. The average Bonchev–Trinajstić information content (AvgIpc) is 3.44. The molecule has 10 rings (SSSR count). The first-order valence-corrected chi connectivity index (χ1v) is 25.8. The predicted octanol–water partition coefficient (Wildman–Crippen LogP) is 12.9. The van der Waals surface area contributed by atoms with E-state index in [0.29, 0.717) is 73.8 Å². The number of ether oxygens (including phenoxy) is 2. The number of methoxy groups -OCH3 is 2. The minimum Gasteiger partial charge on any atom is -0.661 e. The molecular weight excluding hydrogens is 946 g/mol. The number of benzene rings is 4. The summed E-state index contributed by atoms with van der Waals surface area (Å²) in [5.41, 5.74) is 5.92. The van der Waals surface area contributed by atoms with E-state index >= 15 is 0 Å². The molecule has 0 aliphatic carbocycles. The molecule has 0 radical (unpaired) electrons. The molecule has 0 N–H and O–H groups in total. The van der Waals surface area contributed by atoms with Crippen molar-refractivity contribution in [3.63, 3.8) is 0 Å². The van der Waals surface area contributed by atoms with E-state index in [-0.39, 0.29) is 55.3 Å². The van der Waals surface area contributed by atoms with Gasteiger partial charge < -0.3 is 41.4 Å². The Balaban J connectivity index is 0.000000153. The molecular formula is C58H74N6O4Ru. The number of hydrogen-bond donors (Lipinski definition) is 0. The summed E-state index contributed by atoms with van der Waals surface area (Å²) in [6.07, 6.45) is 12.3. The summed E-state index contributed by atoms with van der Waals surface area (Å²) in [4.78, 5) is 23.3. The van der Waals surface area contributed by atoms with Gasteiger partial charge in [-0.1, -0.05) is 198 Å². The van der Waals surface area contributed by atoms with Crippen molar-refractivity contribution >= 4 is 11.9 Å². The standard InChI is InChI=1S/2C22H26N2.C14H22N2O4.Ru/c2*1-3-7-17(8-4-1)19-11-13-23-21(15-19)22-16-20(12-14-24-22)18-9-5-2-6-10-18;1-19-13(17)9-3-5-15-11(7-9)12-8-10(4-6-16-12)14(18)20-2;/h2*1-10,19-22H,11-16H2;9-12H,3-8H2,1-2H3;/q3*-2;+6. The van der Waals surface area contributed by atoms with Crippen molar-refractivity contribution in [3.05, 3.63) is 175 Å². The maximum atomic E-state index is 11.6. The van der Waals surface area contributed by atoms with Crippen molar-refractivity contribution in [3.8, 4) is 0 Å². The van der Waals surface area contributed by atoms with Gasteiger partial charge in [0.1, 0.15) is 0 Å². The van der Waals surface area contributed by atoms with Crippen LogP contribution in [0.5, 0.6) is 0 Å². The molecule has 6 aliphatic rings. The predicted molar refractivity (Wildman–Crippen MR) is 275 cm³/mol. The van der Waals surface area contributed by atoms with Crippen LogP contribution < -0.4 is 0 Å². The second-order valence-corrected chi connectivity index (χ2v) is 19.9. The van der Waals surface area contributed by atoms with Crippen LogP contribution in [0.4, 0.5) is 0 Å². The van der Waals surface area contributed by atoms with Crippen LogP contribution in [0, 0.1) is 11.8 Å². The van der Waals surface area contributed by atoms with Gasteiger partial charge in [0.15, 0.2) is 0 Å². The Morgan fingerprint density at radius 2 is 0.565 bits per heavy atom. The Bertz CT molecular complexity index is 1820. The van der Waals surface area contributed by atoms with Crippen molar-refractivity contribution in [2.45, 2.75) is 137 Å². The molecule has 0 spiro atoms. The van der Waals surface area contributed by atoms with Gasteiger partial charge in [0.25, 0.3) is 0 Å². The fourth-order valence-electron chi connectivity index (χ4n) is 11.8. The molecule has 11 heteroatoms. The monoisotopic (exact) mass is 1020 g/mol. The number of carbonyl (C=O) groups excluding carboxylic acids is 2. The fourth-order valence-corrected chi connectivity index (χ4v) is 11.8. The maximum absolute atomic E-state index is 11.6. The molecule has 4 aromatic rings. The number of carbonyl (C=O) groups is 2. The summed E-state index contributed by atoms with van der Waals surface area (Å²) < 4.78 is 9.63. The van der Waals surface area contributed by atoms with Gasteiger partial charge in [-0.05, 0) is 45.9 Å². The Hall–Kier alpha value is -3.80. The van der Waals surface area contributed by atoms with Crippen LogP contribution in [0.3, 0.4) is 0 Å². The number of esters is 2.